The molecule has 0 aromatic heterocycles. The van der Waals surface area contributed by atoms with Crippen LogP contribution in [0.1, 0.15) is 37.3 Å². The highest BCUT2D eigenvalue weighted by molar-refractivity contribution is 5.45. The summed E-state index contributed by atoms with van der Waals surface area (Å²) in [6, 6.07) is 8.56. The molecule has 1 atom stereocenters. The lowest BCUT2D eigenvalue weighted by Gasteiger charge is -2.10. The summed E-state index contributed by atoms with van der Waals surface area (Å²) in [6.07, 6.45) is 4.61. The molecule has 1 unspecified atom stereocenters. The summed E-state index contributed by atoms with van der Waals surface area (Å²) in [7, 11) is 0. The van der Waals surface area contributed by atoms with Crippen LogP contribution >= 0.6 is 0 Å². The van der Waals surface area contributed by atoms with Gasteiger partial charge in [-0.05, 0) is 30.5 Å². The Morgan fingerprint density at radius 3 is 2.83 bits per heavy atom. The normalized spacial score (nSPS) is 20.5. The van der Waals surface area contributed by atoms with Crippen LogP contribution in [0.3, 0.4) is 0 Å². The van der Waals surface area contributed by atoms with E-state index in [-0.39, 0.29) is 0 Å². The van der Waals surface area contributed by atoms with Gasteiger partial charge in [0.25, 0.3) is 0 Å². The van der Waals surface area contributed by atoms with Crippen molar-refractivity contribution < 1.29 is 0 Å². The molecule has 0 spiro atoms. The summed E-state index contributed by atoms with van der Waals surface area (Å²) >= 11 is 0. The Morgan fingerprint density at radius 2 is 2.08 bits per heavy atom. The molecule has 1 aromatic rings. The van der Waals surface area contributed by atoms with Crippen molar-refractivity contribution in [3.63, 3.8) is 0 Å². The molecular weight excluding hydrogens is 144 g/mol. The standard InChI is InChI=1S/C12H13/c1-3-11-9(2)8-10-6-4-5-7-12(10)11/h4-7,11H,3H2,1-2H3. The number of allylic oxidation sites excluding steroid dienone is 1. The molecule has 0 fully saturated rings. The van der Waals surface area contributed by atoms with Crippen LogP contribution in [0.4, 0.5) is 0 Å². The number of hydrogen-bond acceptors (Lipinski definition) is 0. The van der Waals surface area contributed by atoms with E-state index >= 15 is 0 Å². The van der Waals surface area contributed by atoms with Gasteiger partial charge in [-0.1, -0.05) is 36.8 Å². The second-order valence-corrected chi connectivity index (χ2v) is 3.36. The fourth-order valence-corrected chi connectivity index (χ4v) is 1.97. The molecule has 0 bridgehead atoms. The predicted octanol–water partition coefficient (Wildman–Crippen LogP) is 3.29. The van der Waals surface area contributed by atoms with Gasteiger partial charge >= 0.3 is 0 Å². The fraction of sp³-hybridized carbons (Fsp3) is 0.333. The molecule has 0 saturated heterocycles. The Hall–Kier alpha value is -1.04. The van der Waals surface area contributed by atoms with E-state index in [1.54, 1.807) is 0 Å². The molecule has 0 N–H and O–H groups in total. The molecule has 61 valence electrons. The van der Waals surface area contributed by atoms with Gasteiger partial charge in [-0.2, -0.15) is 0 Å². The van der Waals surface area contributed by atoms with E-state index in [1.807, 2.05) is 0 Å². The molecule has 0 saturated carbocycles. The van der Waals surface area contributed by atoms with Crippen LogP contribution in [0, 0.1) is 6.08 Å². The van der Waals surface area contributed by atoms with E-state index in [9.17, 15) is 0 Å². The third kappa shape index (κ3) is 0.989. The predicted molar refractivity (Wildman–Crippen MR) is 51.0 cm³/mol. The SMILES string of the molecule is CCC1C(C)=[C]c2ccccc21. The van der Waals surface area contributed by atoms with Crippen molar-refractivity contribution in [1.29, 1.82) is 0 Å². The van der Waals surface area contributed by atoms with Crippen molar-refractivity contribution in [1.82, 2.24) is 0 Å². The molecule has 1 aromatic carbocycles. The zero-order chi connectivity index (χ0) is 8.55. The van der Waals surface area contributed by atoms with Gasteiger partial charge < -0.3 is 0 Å². The van der Waals surface area contributed by atoms with E-state index in [1.165, 1.54) is 23.1 Å². The first-order chi connectivity index (χ1) is 5.83. The highest BCUT2D eigenvalue weighted by Gasteiger charge is 2.19. The monoisotopic (exact) mass is 157 g/mol. The quantitative estimate of drug-likeness (QED) is 0.586. The first-order valence-electron chi connectivity index (χ1n) is 4.52. The third-order valence-corrected chi connectivity index (χ3v) is 2.60. The van der Waals surface area contributed by atoms with Crippen LogP contribution < -0.4 is 0 Å². The second-order valence-electron chi connectivity index (χ2n) is 3.36. The van der Waals surface area contributed by atoms with Crippen molar-refractivity contribution in [3.8, 4) is 0 Å². The van der Waals surface area contributed by atoms with Crippen LogP contribution in [0.15, 0.2) is 29.8 Å². The molecule has 0 heteroatoms. The highest BCUT2D eigenvalue weighted by atomic mass is 14.2. The maximum atomic E-state index is 3.42. The summed E-state index contributed by atoms with van der Waals surface area (Å²) in [5, 5.41) is 0. The third-order valence-electron chi connectivity index (χ3n) is 2.60. The molecule has 0 aliphatic heterocycles. The topological polar surface area (TPSA) is 0 Å². The minimum absolute atomic E-state index is 0.626. The number of benzene rings is 1. The van der Waals surface area contributed by atoms with Crippen LogP contribution in [0.25, 0.3) is 0 Å². The van der Waals surface area contributed by atoms with Gasteiger partial charge in [-0.15, -0.1) is 0 Å². The van der Waals surface area contributed by atoms with E-state index in [0.717, 1.165) is 0 Å². The fourth-order valence-electron chi connectivity index (χ4n) is 1.97. The van der Waals surface area contributed by atoms with Gasteiger partial charge in [0.05, 0.1) is 0 Å². The molecule has 1 aliphatic rings. The lowest BCUT2D eigenvalue weighted by Crippen LogP contribution is -1.93. The zero-order valence-corrected chi connectivity index (χ0v) is 7.59. The van der Waals surface area contributed by atoms with E-state index in [0.29, 0.717) is 5.92 Å². The highest BCUT2D eigenvalue weighted by Crippen LogP contribution is 2.35. The minimum atomic E-state index is 0.626. The van der Waals surface area contributed by atoms with Crippen molar-refractivity contribution >= 4 is 0 Å². The van der Waals surface area contributed by atoms with Gasteiger partial charge in [-0.3, -0.25) is 0 Å². The number of rotatable bonds is 1. The maximum Gasteiger partial charge on any atom is 0.00583 e. The Morgan fingerprint density at radius 1 is 1.33 bits per heavy atom. The van der Waals surface area contributed by atoms with Crippen molar-refractivity contribution in [3.05, 3.63) is 47.0 Å². The van der Waals surface area contributed by atoms with E-state index in [2.05, 4.69) is 44.2 Å². The lowest BCUT2D eigenvalue weighted by molar-refractivity contribution is 0.774. The molecule has 0 nitrogen and oxygen atoms in total. The summed E-state index contributed by atoms with van der Waals surface area (Å²) in [6.45, 7) is 4.41. The molecular formula is C12H13. The van der Waals surface area contributed by atoms with Crippen LogP contribution in [-0.2, 0) is 0 Å². The summed E-state index contributed by atoms with van der Waals surface area (Å²) in [4.78, 5) is 0. The molecule has 0 heterocycles. The van der Waals surface area contributed by atoms with Crippen LogP contribution in [0.2, 0.25) is 0 Å². The Balaban J connectivity index is 2.50. The second kappa shape index (κ2) is 2.78. The van der Waals surface area contributed by atoms with Crippen LogP contribution in [-0.4, -0.2) is 0 Å². The molecule has 1 aliphatic carbocycles. The summed E-state index contributed by atoms with van der Waals surface area (Å²) in [5.41, 5.74) is 4.14. The van der Waals surface area contributed by atoms with Gasteiger partial charge in [0.1, 0.15) is 0 Å². The summed E-state index contributed by atoms with van der Waals surface area (Å²) in [5.74, 6) is 0.626. The smallest absolute Gasteiger partial charge is 0.00583 e. The van der Waals surface area contributed by atoms with Crippen molar-refractivity contribution in [2.75, 3.05) is 0 Å². The number of hydrogen-bond donors (Lipinski definition) is 0. The van der Waals surface area contributed by atoms with Crippen molar-refractivity contribution in [2.45, 2.75) is 26.2 Å². The number of fused-ring (bicyclic) bond motifs is 1. The summed E-state index contributed by atoms with van der Waals surface area (Å²) < 4.78 is 0. The Labute approximate surface area is 73.9 Å². The maximum absolute atomic E-state index is 3.42. The average Bonchev–Trinajstić information content (AvgIpc) is 2.40. The van der Waals surface area contributed by atoms with Crippen molar-refractivity contribution in [2.24, 2.45) is 0 Å². The van der Waals surface area contributed by atoms with Gasteiger partial charge in [-0.25, -0.2) is 0 Å². The van der Waals surface area contributed by atoms with Gasteiger partial charge in [0.2, 0.25) is 0 Å². The van der Waals surface area contributed by atoms with Gasteiger partial charge in [0.15, 0.2) is 0 Å². The van der Waals surface area contributed by atoms with Gasteiger partial charge in [0, 0.05) is 5.92 Å². The average molecular weight is 157 g/mol. The first kappa shape index (κ1) is 7.60. The first-order valence-corrected chi connectivity index (χ1v) is 4.52. The molecule has 0 amide bonds. The molecule has 1 radical (unpaired) electrons. The lowest BCUT2D eigenvalue weighted by atomic mass is 9.94. The largest absolute Gasteiger partial charge is 0.0645 e. The Kier molecular flexibility index (Phi) is 1.76. The minimum Gasteiger partial charge on any atom is -0.0645 e. The zero-order valence-electron chi connectivity index (χ0n) is 7.59. The Bertz CT molecular complexity index is 321. The molecule has 12 heavy (non-hydrogen) atoms. The van der Waals surface area contributed by atoms with Crippen LogP contribution in [0.5, 0.6) is 0 Å². The van der Waals surface area contributed by atoms with E-state index in [4.69, 9.17) is 0 Å². The molecule has 2 rings (SSSR count). The van der Waals surface area contributed by atoms with E-state index < -0.39 is 0 Å².